The molecule has 0 bridgehead atoms. The molecule has 0 aliphatic heterocycles. The second kappa shape index (κ2) is 5.89. The molecule has 94 valence electrons. The number of benzene rings is 1. The number of nitrogens with zero attached hydrogens (tertiary/aromatic N) is 1. The standard InChI is InChI=1S/C12H16ClNO3/c1-8-7-10(13)5-6-11(8)16-9(2)12(15)17-14(3)4/h5-7,9H,1-4H3/t9-/m0/s1. The predicted octanol–water partition coefficient (Wildman–Crippen LogP) is 2.44. The van der Waals surface area contributed by atoms with Crippen LogP contribution in [0.1, 0.15) is 12.5 Å². The van der Waals surface area contributed by atoms with Gasteiger partial charge in [-0.25, -0.2) is 4.79 Å². The van der Waals surface area contributed by atoms with Gasteiger partial charge in [0.25, 0.3) is 0 Å². The molecule has 17 heavy (non-hydrogen) atoms. The molecule has 0 aliphatic carbocycles. The third-order valence-corrected chi connectivity index (χ3v) is 2.28. The van der Waals surface area contributed by atoms with Crippen LogP contribution in [0.3, 0.4) is 0 Å². The lowest BCUT2D eigenvalue weighted by molar-refractivity contribution is -0.185. The van der Waals surface area contributed by atoms with Gasteiger partial charge in [-0.3, -0.25) is 0 Å². The van der Waals surface area contributed by atoms with Crippen molar-refractivity contribution in [2.45, 2.75) is 20.0 Å². The van der Waals surface area contributed by atoms with Crippen LogP contribution in [0.2, 0.25) is 5.02 Å². The molecule has 1 atom stereocenters. The maximum Gasteiger partial charge on any atom is 0.365 e. The van der Waals surface area contributed by atoms with Gasteiger partial charge in [0.2, 0.25) is 0 Å². The Kier molecular flexibility index (Phi) is 4.78. The summed E-state index contributed by atoms with van der Waals surface area (Å²) in [5.74, 6) is 0.182. The first kappa shape index (κ1) is 13.8. The van der Waals surface area contributed by atoms with Crippen molar-refractivity contribution in [3.8, 4) is 5.75 Å². The highest BCUT2D eigenvalue weighted by molar-refractivity contribution is 6.30. The molecule has 0 amide bonds. The predicted molar refractivity (Wildman–Crippen MR) is 66.1 cm³/mol. The summed E-state index contributed by atoms with van der Waals surface area (Å²) in [5.41, 5.74) is 0.877. The zero-order chi connectivity index (χ0) is 13.0. The summed E-state index contributed by atoms with van der Waals surface area (Å²) in [4.78, 5) is 16.4. The van der Waals surface area contributed by atoms with E-state index in [0.717, 1.165) is 5.56 Å². The number of hydroxylamine groups is 2. The number of carbonyl (C=O) groups is 1. The maximum atomic E-state index is 11.5. The van der Waals surface area contributed by atoms with Crippen molar-refractivity contribution in [2.75, 3.05) is 14.1 Å². The van der Waals surface area contributed by atoms with E-state index in [1.807, 2.05) is 6.92 Å². The van der Waals surface area contributed by atoms with Gasteiger partial charge in [0.1, 0.15) is 5.75 Å². The van der Waals surface area contributed by atoms with Crippen LogP contribution in [-0.4, -0.2) is 31.2 Å². The van der Waals surface area contributed by atoms with Crippen molar-refractivity contribution < 1.29 is 14.4 Å². The maximum absolute atomic E-state index is 11.5. The van der Waals surface area contributed by atoms with Gasteiger partial charge in [0.05, 0.1) is 0 Å². The SMILES string of the molecule is Cc1cc(Cl)ccc1O[C@@H](C)C(=O)ON(C)C. The molecular formula is C12H16ClNO3. The highest BCUT2D eigenvalue weighted by Gasteiger charge is 2.18. The second-order valence-electron chi connectivity index (χ2n) is 3.89. The molecule has 1 aromatic rings. The highest BCUT2D eigenvalue weighted by atomic mass is 35.5. The first-order valence-corrected chi connectivity index (χ1v) is 5.60. The van der Waals surface area contributed by atoms with Gasteiger partial charge >= 0.3 is 5.97 Å². The number of rotatable bonds is 4. The lowest BCUT2D eigenvalue weighted by Gasteiger charge is -2.17. The second-order valence-corrected chi connectivity index (χ2v) is 4.33. The Morgan fingerprint density at radius 1 is 1.41 bits per heavy atom. The number of hydrogen-bond donors (Lipinski definition) is 0. The summed E-state index contributed by atoms with van der Waals surface area (Å²) in [5, 5.41) is 1.97. The zero-order valence-electron chi connectivity index (χ0n) is 10.4. The van der Waals surface area contributed by atoms with E-state index in [-0.39, 0.29) is 0 Å². The minimum atomic E-state index is -0.669. The van der Waals surface area contributed by atoms with Crippen LogP contribution in [0.5, 0.6) is 5.75 Å². The van der Waals surface area contributed by atoms with E-state index in [2.05, 4.69) is 0 Å². The molecule has 1 aromatic carbocycles. The van der Waals surface area contributed by atoms with Crippen molar-refractivity contribution in [3.05, 3.63) is 28.8 Å². The third kappa shape index (κ3) is 4.24. The molecule has 0 fully saturated rings. The van der Waals surface area contributed by atoms with Crippen LogP contribution in [0, 0.1) is 6.92 Å². The van der Waals surface area contributed by atoms with Gasteiger partial charge in [0, 0.05) is 19.1 Å². The molecule has 0 spiro atoms. The fourth-order valence-electron chi connectivity index (χ4n) is 1.24. The summed E-state index contributed by atoms with van der Waals surface area (Å²) >= 11 is 5.83. The molecule has 0 N–H and O–H groups in total. The number of ether oxygens (including phenoxy) is 1. The first-order chi connectivity index (χ1) is 7.90. The summed E-state index contributed by atoms with van der Waals surface area (Å²) in [6.07, 6.45) is -0.669. The number of halogens is 1. The summed E-state index contributed by atoms with van der Waals surface area (Å²) in [7, 11) is 3.27. The van der Waals surface area contributed by atoms with Gasteiger partial charge in [-0.15, -0.1) is 5.06 Å². The summed E-state index contributed by atoms with van der Waals surface area (Å²) < 4.78 is 5.50. The van der Waals surface area contributed by atoms with Crippen molar-refractivity contribution in [1.82, 2.24) is 5.06 Å². The van der Waals surface area contributed by atoms with Crippen LogP contribution in [0.4, 0.5) is 0 Å². The largest absolute Gasteiger partial charge is 0.479 e. The van der Waals surface area contributed by atoms with Crippen molar-refractivity contribution in [3.63, 3.8) is 0 Å². The van der Waals surface area contributed by atoms with Gasteiger partial charge in [-0.2, -0.15) is 0 Å². The highest BCUT2D eigenvalue weighted by Crippen LogP contribution is 2.22. The van der Waals surface area contributed by atoms with E-state index in [0.29, 0.717) is 10.8 Å². The molecule has 0 aromatic heterocycles. The van der Waals surface area contributed by atoms with Gasteiger partial charge in [-0.1, -0.05) is 11.6 Å². The van der Waals surface area contributed by atoms with Gasteiger partial charge < -0.3 is 9.57 Å². The first-order valence-electron chi connectivity index (χ1n) is 5.22. The van der Waals surface area contributed by atoms with Crippen LogP contribution in [0.15, 0.2) is 18.2 Å². The minimum Gasteiger partial charge on any atom is -0.479 e. The van der Waals surface area contributed by atoms with Crippen LogP contribution in [-0.2, 0) is 9.63 Å². The Morgan fingerprint density at radius 3 is 2.59 bits per heavy atom. The topological polar surface area (TPSA) is 38.8 Å². The Bertz CT molecular complexity index is 407. The molecule has 0 aliphatic rings. The molecule has 5 heteroatoms. The monoisotopic (exact) mass is 257 g/mol. The van der Waals surface area contributed by atoms with E-state index in [1.54, 1.807) is 39.2 Å². The minimum absolute atomic E-state index is 0.440. The molecule has 0 unspecified atom stereocenters. The Balaban J connectivity index is 2.67. The van der Waals surface area contributed by atoms with Crippen molar-refractivity contribution in [2.24, 2.45) is 0 Å². The smallest absolute Gasteiger partial charge is 0.365 e. The third-order valence-electron chi connectivity index (χ3n) is 2.05. The lowest BCUT2D eigenvalue weighted by Crippen LogP contribution is -2.31. The molecular weight excluding hydrogens is 242 g/mol. The molecule has 4 nitrogen and oxygen atoms in total. The van der Waals surface area contributed by atoms with E-state index in [4.69, 9.17) is 21.2 Å². The number of aryl methyl sites for hydroxylation is 1. The molecule has 0 radical (unpaired) electrons. The number of hydrogen-bond acceptors (Lipinski definition) is 4. The fraction of sp³-hybridized carbons (Fsp3) is 0.417. The molecule has 0 heterocycles. The van der Waals surface area contributed by atoms with E-state index in [9.17, 15) is 4.79 Å². The Hall–Kier alpha value is -1.26. The summed E-state index contributed by atoms with van der Waals surface area (Å²) in [6, 6.07) is 5.23. The average molecular weight is 258 g/mol. The quantitative estimate of drug-likeness (QED) is 0.777. The van der Waals surface area contributed by atoms with Crippen molar-refractivity contribution >= 4 is 17.6 Å². The Morgan fingerprint density at radius 2 is 2.06 bits per heavy atom. The normalized spacial score (nSPS) is 12.4. The molecule has 0 saturated heterocycles. The van der Waals surface area contributed by atoms with Crippen LogP contribution >= 0.6 is 11.6 Å². The number of carbonyl (C=O) groups excluding carboxylic acids is 1. The fourth-order valence-corrected chi connectivity index (χ4v) is 1.46. The van der Waals surface area contributed by atoms with E-state index in [1.165, 1.54) is 5.06 Å². The van der Waals surface area contributed by atoms with E-state index >= 15 is 0 Å². The van der Waals surface area contributed by atoms with Gasteiger partial charge in [0.15, 0.2) is 6.10 Å². The molecule has 0 saturated carbocycles. The molecule has 1 rings (SSSR count). The van der Waals surface area contributed by atoms with Crippen molar-refractivity contribution in [1.29, 1.82) is 0 Å². The lowest BCUT2D eigenvalue weighted by atomic mass is 10.2. The van der Waals surface area contributed by atoms with Gasteiger partial charge in [-0.05, 0) is 37.6 Å². The van der Waals surface area contributed by atoms with Crippen LogP contribution in [0.25, 0.3) is 0 Å². The van der Waals surface area contributed by atoms with E-state index < -0.39 is 12.1 Å². The summed E-state index contributed by atoms with van der Waals surface area (Å²) in [6.45, 7) is 3.51. The Labute approximate surface area is 106 Å². The van der Waals surface area contributed by atoms with Crippen LogP contribution < -0.4 is 4.74 Å². The zero-order valence-corrected chi connectivity index (χ0v) is 11.1. The average Bonchev–Trinajstić information content (AvgIpc) is 2.21.